The SMILES string of the molecule is CC(C)(CNCC(=O)N1CCOCC1)c1ccccc1. The molecule has 0 bridgehead atoms. The second-order valence-electron chi connectivity index (χ2n) is 5.85. The second kappa shape index (κ2) is 6.86. The minimum Gasteiger partial charge on any atom is -0.378 e. The fraction of sp³-hybridized carbons (Fsp3) is 0.562. The molecule has 4 nitrogen and oxygen atoms in total. The number of nitrogens with zero attached hydrogens (tertiary/aromatic N) is 1. The van der Waals surface area contributed by atoms with Gasteiger partial charge in [0.2, 0.25) is 5.91 Å². The van der Waals surface area contributed by atoms with Crippen molar-refractivity contribution in [3.8, 4) is 0 Å². The van der Waals surface area contributed by atoms with Crippen LogP contribution in [0.5, 0.6) is 0 Å². The molecule has 1 amide bonds. The van der Waals surface area contributed by atoms with E-state index in [1.165, 1.54) is 5.56 Å². The molecule has 1 aromatic rings. The fourth-order valence-corrected chi connectivity index (χ4v) is 2.40. The van der Waals surface area contributed by atoms with Gasteiger partial charge in [-0.25, -0.2) is 0 Å². The van der Waals surface area contributed by atoms with E-state index in [9.17, 15) is 4.79 Å². The van der Waals surface area contributed by atoms with Crippen molar-refractivity contribution in [1.82, 2.24) is 10.2 Å². The van der Waals surface area contributed by atoms with Crippen molar-refractivity contribution in [2.45, 2.75) is 19.3 Å². The van der Waals surface area contributed by atoms with Crippen LogP contribution in [0.15, 0.2) is 30.3 Å². The normalized spacial score (nSPS) is 16.2. The monoisotopic (exact) mass is 276 g/mol. The van der Waals surface area contributed by atoms with Crippen molar-refractivity contribution < 1.29 is 9.53 Å². The molecule has 2 rings (SSSR count). The molecule has 1 aliphatic rings. The summed E-state index contributed by atoms with van der Waals surface area (Å²) in [5.74, 6) is 0.164. The second-order valence-corrected chi connectivity index (χ2v) is 5.85. The lowest BCUT2D eigenvalue weighted by Gasteiger charge is -2.29. The maximum Gasteiger partial charge on any atom is 0.236 e. The third-order valence-electron chi connectivity index (χ3n) is 3.76. The predicted molar refractivity (Wildman–Crippen MR) is 79.7 cm³/mol. The van der Waals surface area contributed by atoms with Gasteiger partial charge in [-0.2, -0.15) is 0 Å². The molecule has 1 fully saturated rings. The number of amides is 1. The van der Waals surface area contributed by atoms with Gasteiger partial charge >= 0.3 is 0 Å². The summed E-state index contributed by atoms with van der Waals surface area (Å²) >= 11 is 0. The smallest absolute Gasteiger partial charge is 0.236 e. The molecule has 20 heavy (non-hydrogen) atoms. The molecule has 4 heteroatoms. The molecule has 1 saturated heterocycles. The number of hydrogen-bond donors (Lipinski definition) is 1. The predicted octanol–water partition coefficient (Wildman–Crippen LogP) is 1.41. The molecule has 0 aliphatic carbocycles. The fourth-order valence-electron chi connectivity index (χ4n) is 2.40. The Morgan fingerprint density at radius 3 is 2.55 bits per heavy atom. The summed E-state index contributed by atoms with van der Waals surface area (Å²) in [6, 6.07) is 10.4. The Bertz CT molecular complexity index is 425. The Hall–Kier alpha value is -1.39. The maximum absolute atomic E-state index is 12.0. The minimum absolute atomic E-state index is 0.0204. The lowest BCUT2D eigenvalue weighted by atomic mass is 9.84. The van der Waals surface area contributed by atoms with Crippen LogP contribution in [0.25, 0.3) is 0 Å². The first-order chi connectivity index (χ1) is 9.59. The zero-order valence-electron chi connectivity index (χ0n) is 12.4. The summed E-state index contributed by atoms with van der Waals surface area (Å²) in [6.07, 6.45) is 0. The van der Waals surface area contributed by atoms with E-state index in [0.717, 1.165) is 6.54 Å². The molecule has 1 heterocycles. The Kier molecular flexibility index (Phi) is 5.15. The largest absolute Gasteiger partial charge is 0.378 e. The van der Waals surface area contributed by atoms with Gasteiger partial charge in [0.1, 0.15) is 0 Å². The number of ether oxygens (including phenoxy) is 1. The molecule has 0 saturated carbocycles. The Labute approximate surface area is 121 Å². The number of hydrogen-bond acceptors (Lipinski definition) is 3. The van der Waals surface area contributed by atoms with Gasteiger partial charge in [0.05, 0.1) is 19.8 Å². The summed E-state index contributed by atoms with van der Waals surface area (Å²) in [7, 11) is 0. The number of rotatable bonds is 5. The van der Waals surface area contributed by atoms with Crippen molar-refractivity contribution in [3.63, 3.8) is 0 Å². The van der Waals surface area contributed by atoms with Crippen LogP contribution in [0.4, 0.5) is 0 Å². The van der Waals surface area contributed by atoms with Crippen LogP contribution in [0.1, 0.15) is 19.4 Å². The first-order valence-corrected chi connectivity index (χ1v) is 7.21. The van der Waals surface area contributed by atoms with E-state index in [-0.39, 0.29) is 11.3 Å². The van der Waals surface area contributed by atoms with Crippen LogP contribution in [-0.4, -0.2) is 50.2 Å². The summed E-state index contributed by atoms with van der Waals surface area (Å²) in [4.78, 5) is 13.9. The average molecular weight is 276 g/mol. The third-order valence-corrected chi connectivity index (χ3v) is 3.76. The highest BCUT2D eigenvalue weighted by Crippen LogP contribution is 2.21. The summed E-state index contributed by atoms with van der Waals surface area (Å²) < 4.78 is 5.25. The van der Waals surface area contributed by atoms with Gasteiger partial charge in [-0.1, -0.05) is 44.2 Å². The van der Waals surface area contributed by atoms with Crippen molar-refractivity contribution in [2.75, 3.05) is 39.4 Å². The van der Waals surface area contributed by atoms with Gasteiger partial charge in [0.15, 0.2) is 0 Å². The lowest BCUT2D eigenvalue weighted by molar-refractivity contribution is -0.134. The molecule has 0 aromatic heterocycles. The minimum atomic E-state index is 0.0204. The molecule has 0 spiro atoms. The first kappa shape index (κ1) is 15.0. The number of benzene rings is 1. The number of carbonyl (C=O) groups excluding carboxylic acids is 1. The van der Waals surface area contributed by atoms with Gasteiger partial charge in [-0.15, -0.1) is 0 Å². The lowest BCUT2D eigenvalue weighted by Crippen LogP contribution is -2.46. The maximum atomic E-state index is 12.0. The molecular weight excluding hydrogens is 252 g/mol. The topological polar surface area (TPSA) is 41.6 Å². The quantitative estimate of drug-likeness (QED) is 0.884. The van der Waals surface area contributed by atoms with E-state index < -0.39 is 0 Å². The van der Waals surface area contributed by atoms with Crippen LogP contribution in [0.3, 0.4) is 0 Å². The number of morpholine rings is 1. The third kappa shape index (κ3) is 4.05. The molecule has 0 atom stereocenters. The standard InChI is InChI=1S/C16H24N2O2/c1-16(2,14-6-4-3-5-7-14)13-17-12-15(19)18-8-10-20-11-9-18/h3-7,17H,8-13H2,1-2H3. The van der Waals surface area contributed by atoms with Gasteiger partial charge in [-0.3, -0.25) is 4.79 Å². The van der Waals surface area contributed by atoms with E-state index in [1.807, 2.05) is 11.0 Å². The van der Waals surface area contributed by atoms with Crippen molar-refractivity contribution in [1.29, 1.82) is 0 Å². The molecule has 1 aliphatic heterocycles. The Morgan fingerprint density at radius 2 is 1.90 bits per heavy atom. The van der Waals surface area contributed by atoms with E-state index >= 15 is 0 Å². The van der Waals surface area contributed by atoms with Gasteiger partial charge in [0, 0.05) is 25.0 Å². The van der Waals surface area contributed by atoms with Crippen molar-refractivity contribution >= 4 is 5.91 Å². The number of nitrogens with one attached hydrogen (secondary N) is 1. The molecule has 0 unspecified atom stereocenters. The van der Waals surface area contributed by atoms with E-state index in [0.29, 0.717) is 32.8 Å². The number of carbonyl (C=O) groups is 1. The van der Waals surface area contributed by atoms with Crippen molar-refractivity contribution in [2.24, 2.45) is 0 Å². The van der Waals surface area contributed by atoms with Gasteiger partial charge < -0.3 is 15.0 Å². The molecule has 1 aromatic carbocycles. The van der Waals surface area contributed by atoms with Crippen molar-refractivity contribution in [3.05, 3.63) is 35.9 Å². The molecular formula is C16H24N2O2. The van der Waals surface area contributed by atoms with Crippen LogP contribution in [0.2, 0.25) is 0 Å². The summed E-state index contributed by atoms with van der Waals surface area (Å²) in [5, 5.41) is 3.29. The zero-order valence-corrected chi connectivity index (χ0v) is 12.4. The van der Waals surface area contributed by atoms with E-state index in [1.54, 1.807) is 0 Å². The van der Waals surface area contributed by atoms with Crippen LogP contribution in [-0.2, 0) is 14.9 Å². The van der Waals surface area contributed by atoms with E-state index in [2.05, 4.69) is 43.4 Å². The van der Waals surface area contributed by atoms with Crippen LogP contribution < -0.4 is 5.32 Å². The summed E-state index contributed by atoms with van der Waals surface area (Å²) in [5.41, 5.74) is 1.30. The van der Waals surface area contributed by atoms with Crippen LogP contribution >= 0.6 is 0 Å². The highest BCUT2D eigenvalue weighted by Gasteiger charge is 2.21. The zero-order chi connectivity index (χ0) is 14.4. The van der Waals surface area contributed by atoms with Gasteiger partial charge in [0.25, 0.3) is 0 Å². The van der Waals surface area contributed by atoms with Crippen LogP contribution in [0, 0.1) is 0 Å². The molecule has 1 N–H and O–H groups in total. The Balaban J connectivity index is 1.78. The summed E-state index contributed by atoms with van der Waals surface area (Å²) in [6.45, 7) is 8.29. The van der Waals surface area contributed by atoms with Gasteiger partial charge in [-0.05, 0) is 5.56 Å². The first-order valence-electron chi connectivity index (χ1n) is 7.21. The Morgan fingerprint density at radius 1 is 1.25 bits per heavy atom. The molecule has 110 valence electrons. The molecule has 0 radical (unpaired) electrons. The average Bonchev–Trinajstić information content (AvgIpc) is 2.49. The highest BCUT2D eigenvalue weighted by molar-refractivity contribution is 5.78. The van der Waals surface area contributed by atoms with E-state index in [4.69, 9.17) is 4.74 Å². The highest BCUT2D eigenvalue weighted by atomic mass is 16.5.